The van der Waals surface area contributed by atoms with Crippen molar-refractivity contribution in [2.75, 3.05) is 7.11 Å². The van der Waals surface area contributed by atoms with E-state index in [9.17, 15) is 9.90 Å². The van der Waals surface area contributed by atoms with Crippen LogP contribution in [0.5, 0.6) is 0 Å². The van der Waals surface area contributed by atoms with Crippen molar-refractivity contribution in [2.45, 2.75) is 83.0 Å². The average molecular weight is 350 g/mol. The molecule has 1 heterocycles. The Morgan fingerprint density at radius 2 is 2.00 bits per heavy atom. The summed E-state index contributed by atoms with van der Waals surface area (Å²) in [5.74, 6) is -0.154. The van der Waals surface area contributed by atoms with Crippen molar-refractivity contribution in [1.29, 1.82) is 0 Å². The zero-order valence-electron chi connectivity index (χ0n) is 15.7. The van der Waals surface area contributed by atoms with Gasteiger partial charge >= 0.3 is 5.97 Å². The Morgan fingerprint density at radius 1 is 1.20 bits per heavy atom. The van der Waals surface area contributed by atoms with Gasteiger partial charge in [-0.15, -0.1) is 0 Å². The fraction of sp³-hybridized carbons (Fsp3) is 0.667. The molecular weight excluding hydrogens is 316 g/mol. The van der Waals surface area contributed by atoms with Gasteiger partial charge in [-0.1, -0.05) is 62.6 Å². The van der Waals surface area contributed by atoms with Gasteiger partial charge in [0.25, 0.3) is 0 Å². The first-order chi connectivity index (χ1) is 12.2. The van der Waals surface area contributed by atoms with E-state index in [4.69, 9.17) is 4.74 Å². The van der Waals surface area contributed by atoms with Crippen molar-refractivity contribution in [3.63, 3.8) is 0 Å². The quantitative estimate of drug-likeness (QED) is 0.217. The summed E-state index contributed by atoms with van der Waals surface area (Å²) in [7, 11) is 1.41. The van der Waals surface area contributed by atoms with Gasteiger partial charge in [0.2, 0.25) is 0 Å². The molecule has 3 atom stereocenters. The van der Waals surface area contributed by atoms with Crippen molar-refractivity contribution >= 4 is 5.97 Å². The highest BCUT2D eigenvalue weighted by Crippen LogP contribution is 2.28. The van der Waals surface area contributed by atoms with Gasteiger partial charge in [0.05, 0.1) is 19.3 Å². The van der Waals surface area contributed by atoms with E-state index < -0.39 is 6.10 Å². The Labute approximate surface area is 152 Å². The van der Waals surface area contributed by atoms with Crippen LogP contribution < -0.4 is 0 Å². The lowest BCUT2D eigenvalue weighted by molar-refractivity contribution is -0.140. The van der Waals surface area contributed by atoms with Gasteiger partial charge in [-0.3, -0.25) is 4.79 Å². The predicted octanol–water partition coefficient (Wildman–Crippen LogP) is 4.49. The number of rotatable bonds is 14. The number of hydrogen-bond donors (Lipinski definition) is 1. The van der Waals surface area contributed by atoms with Crippen molar-refractivity contribution in [2.24, 2.45) is 0 Å². The Balaban J connectivity index is 2.00. The second kappa shape index (κ2) is 13.9. The summed E-state index contributed by atoms with van der Waals surface area (Å²) in [6.07, 6.45) is 20.7. The minimum absolute atomic E-state index is 0.154. The van der Waals surface area contributed by atoms with Gasteiger partial charge in [-0.2, -0.15) is 0 Å². The molecule has 0 saturated carbocycles. The van der Waals surface area contributed by atoms with E-state index in [2.05, 4.69) is 29.9 Å². The van der Waals surface area contributed by atoms with Crippen molar-refractivity contribution in [1.82, 2.24) is 0 Å². The number of carbonyl (C=O) groups is 1. The summed E-state index contributed by atoms with van der Waals surface area (Å²) in [5.41, 5.74) is 0. The predicted molar refractivity (Wildman–Crippen MR) is 101 cm³/mol. The van der Waals surface area contributed by atoms with Gasteiger partial charge in [0, 0.05) is 6.42 Å². The van der Waals surface area contributed by atoms with Crippen LogP contribution in [0.15, 0.2) is 36.5 Å². The zero-order valence-corrected chi connectivity index (χ0v) is 15.7. The molecule has 1 rings (SSSR count). The minimum atomic E-state index is -0.444. The standard InChI is InChI=1S/C21H34O4/c1-3-4-10-14-19-20(25-19)17-16-18(22)13-11-8-6-5-7-9-12-15-21(23)24-2/h5,7-8,11,16-20,22H,3-4,6,9-10,12-15H2,1-2H3/b7-5+,11-8+,17-16+/t18?,19-,20-/m0/s1. The summed E-state index contributed by atoms with van der Waals surface area (Å²) in [4.78, 5) is 10.9. The van der Waals surface area contributed by atoms with Gasteiger partial charge in [-0.25, -0.2) is 0 Å². The lowest BCUT2D eigenvalue weighted by Crippen LogP contribution is -2.00. The van der Waals surface area contributed by atoms with Crippen LogP contribution in [0.3, 0.4) is 0 Å². The van der Waals surface area contributed by atoms with E-state index in [0.717, 1.165) is 25.7 Å². The third-order valence-corrected chi connectivity index (χ3v) is 4.20. The molecule has 1 fully saturated rings. The highest BCUT2D eigenvalue weighted by molar-refractivity contribution is 5.69. The van der Waals surface area contributed by atoms with Gasteiger partial charge < -0.3 is 14.6 Å². The number of hydrogen-bond acceptors (Lipinski definition) is 4. The molecule has 4 heteroatoms. The summed E-state index contributed by atoms with van der Waals surface area (Å²) < 4.78 is 10.2. The lowest BCUT2D eigenvalue weighted by atomic mass is 10.1. The van der Waals surface area contributed by atoms with E-state index >= 15 is 0 Å². The van der Waals surface area contributed by atoms with E-state index in [1.807, 2.05) is 18.2 Å². The summed E-state index contributed by atoms with van der Waals surface area (Å²) in [6.45, 7) is 2.20. The van der Waals surface area contributed by atoms with Crippen LogP contribution in [0.25, 0.3) is 0 Å². The maximum Gasteiger partial charge on any atom is 0.305 e. The Morgan fingerprint density at radius 3 is 2.76 bits per heavy atom. The molecule has 0 amide bonds. The maximum absolute atomic E-state index is 10.9. The largest absolute Gasteiger partial charge is 0.469 e. The smallest absolute Gasteiger partial charge is 0.305 e. The molecular formula is C21H34O4. The number of allylic oxidation sites excluding steroid dienone is 3. The number of esters is 1. The summed E-state index contributed by atoms with van der Waals surface area (Å²) in [6, 6.07) is 0. The van der Waals surface area contributed by atoms with Crippen LogP contribution in [0.4, 0.5) is 0 Å². The minimum Gasteiger partial charge on any atom is -0.469 e. The van der Waals surface area contributed by atoms with Gasteiger partial charge in [-0.05, 0) is 32.1 Å². The van der Waals surface area contributed by atoms with E-state index in [-0.39, 0.29) is 12.1 Å². The third-order valence-electron chi connectivity index (χ3n) is 4.20. The maximum atomic E-state index is 10.9. The van der Waals surface area contributed by atoms with Gasteiger partial charge in [0.1, 0.15) is 6.10 Å². The normalized spacial score (nSPS) is 21.4. The van der Waals surface area contributed by atoms with E-state index in [1.165, 1.54) is 26.4 Å². The number of epoxide rings is 1. The molecule has 0 radical (unpaired) electrons. The molecule has 1 N–H and O–H groups in total. The topological polar surface area (TPSA) is 59.1 Å². The van der Waals surface area contributed by atoms with Crippen molar-refractivity contribution in [3.8, 4) is 0 Å². The fourth-order valence-corrected chi connectivity index (χ4v) is 2.56. The second-order valence-corrected chi connectivity index (χ2v) is 6.47. The second-order valence-electron chi connectivity index (χ2n) is 6.47. The molecule has 1 aliphatic heterocycles. The molecule has 0 bridgehead atoms. The van der Waals surface area contributed by atoms with Crippen LogP contribution >= 0.6 is 0 Å². The summed E-state index contributed by atoms with van der Waals surface area (Å²) in [5, 5.41) is 9.92. The Bertz CT molecular complexity index is 439. The van der Waals surface area contributed by atoms with E-state index in [0.29, 0.717) is 18.9 Å². The number of aliphatic hydroxyl groups excluding tert-OH is 1. The SMILES string of the molecule is CCCCC[C@@H]1O[C@H]1/C=C/C(O)C/C=C/C/C=C/CCCC(=O)OC. The third kappa shape index (κ3) is 11.7. The molecule has 0 aromatic carbocycles. The monoisotopic (exact) mass is 350 g/mol. The first-order valence-corrected chi connectivity index (χ1v) is 9.56. The van der Waals surface area contributed by atoms with Crippen molar-refractivity contribution in [3.05, 3.63) is 36.5 Å². The van der Waals surface area contributed by atoms with Crippen LogP contribution in [0, 0.1) is 0 Å². The molecule has 0 aromatic heterocycles. The van der Waals surface area contributed by atoms with Crippen molar-refractivity contribution < 1.29 is 19.4 Å². The highest BCUT2D eigenvalue weighted by atomic mass is 16.6. The van der Waals surface area contributed by atoms with E-state index in [1.54, 1.807) is 0 Å². The van der Waals surface area contributed by atoms with Crippen LogP contribution in [-0.4, -0.2) is 36.5 Å². The molecule has 142 valence electrons. The number of methoxy groups -OCH3 is 1. The number of unbranched alkanes of at least 4 members (excludes halogenated alkanes) is 3. The number of aliphatic hydroxyl groups is 1. The highest BCUT2D eigenvalue weighted by Gasteiger charge is 2.35. The molecule has 0 spiro atoms. The fourth-order valence-electron chi connectivity index (χ4n) is 2.56. The number of carbonyl (C=O) groups excluding carboxylic acids is 1. The average Bonchev–Trinajstić information content (AvgIpc) is 3.36. The zero-order chi connectivity index (χ0) is 18.3. The van der Waals surface area contributed by atoms with Crippen LogP contribution in [0.1, 0.15) is 64.7 Å². The number of ether oxygens (including phenoxy) is 2. The molecule has 1 aliphatic rings. The van der Waals surface area contributed by atoms with Crippen LogP contribution in [-0.2, 0) is 14.3 Å². The first kappa shape index (κ1) is 21.7. The van der Waals surface area contributed by atoms with Gasteiger partial charge in [0.15, 0.2) is 0 Å². The first-order valence-electron chi connectivity index (χ1n) is 9.56. The molecule has 0 aromatic rings. The Kier molecular flexibility index (Phi) is 12.0. The molecule has 25 heavy (non-hydrogen) atoms. The molecule has 4 nitrogen and oxygen atoms in total. The summed E-state index contributed by atoms with van der Waals surface area (Å²) >= 11 is 0. The molecule has 1 saturated heterocycles. The van der Waals surface area contributed by atoms with Crippen LogP contribution in [0.2, 0.25) is 0 Å². The molecule has 1 unspecified atom stereocenters. The molecule has 0 aliphatic carbocycles. The Hall–Kier alpha value is -1.39. The lowest BCUT2D eigenvalue weighted by Gasteiger charge is -1.99.